The minimum absolute atomic E-state index is 0.254. The van der Waals surface area contributed by atoms with Crippen LogP contribution in [-0.2, 0) is 0 Å². The van der Waals surface area contributed by atoms with Gasteiger partial charge in [0.2, 0.25) is 0 Å². The molecule has 3 heterocycles. The Balaban J connectivity index is 1.30. The Morgan fingerprint density at radius 1 is 1.00 bits per heavy atom. The fraction of sp³-hybridized carbons (Fsp3) is 0.312. The SMILES string of the molecule is CCN1/C(=C/C2=CC(=C/C3Sc4ccc(-n5cccc5)cc4[NH+]3CC)/CC(C)(C)C2)Sc2ccccc21. The maximum atomic E-state index is 2.56. The fourth-order valence-corrected chi connectivity index (χ4v) is 8.59. The fourth-order valence-electron chi connectivity index (χ4n) is 5.97. The first-order valence-electron chi connectivity index (χ1n) is 13.4. The summed E-state index contributed by atoms with van der Waals surface area (Å²) < 4.78 is 2.20. The summed E-state index contributed by atoms with van der Waals surface area (Å²) in [5, 5.41) is 1.76. The van der Waals surface area contributed by atoms with Gasteiger partial charge in [-0.1, -0.05) is 55.6 Å². The molecule has 1 N–H and O–H groups in total. The van der Waals surface area contributed by atoms with Crippen LogP contribution in [0.1, 0.15) is 40.5 Å². The number of nitrogens with one attached hydrogen (secondary N) is 1. The Kier molecular flexibility index (Phi) is 6.64. The van der Waals surface area contributed by atoms with E-state index in [2.05, 4.69) is 122 Å². The second-order valence-electron chi connectivity index (χ2n) is 11.0. The lowest BCUT2D eigenvalue weighted by molar-refractivity contribution is -0.833. The van der Waals surface area contributed by atoms with Gasteiger partial charge in [-0.2, -0.15) is 0 Å². The molecule has 3 nitrogen and oxygen atoms in total. The van der Waals surface area contributed by atoms with Crippen LogP contribution in [0.25, 0.3) is 5.69 Å². The molecule has 0 spiro atoms. The molecule has 0 saturated heterocycles. The number of quaternary nitrogens is 1. The van der Waals surface area contributed by atoms with Crippen molar-refractivity contribution in [1.29, 1.82) is 0 Å². The van der Waals surface area contributed by atoms with Crippen LogP contribution in [0.3, 0.4) is 0 Å². The van der Waals surface area contributed by atoms with Gasteiger partial charge < -0.3 is 9.47 Å². The highest BCUT2D eigenvalue weighted by Gasteiger charge is 2.35. The third-order valence-corrected chi connectivity index (χ3v) is 9.95. The quantitative estimate of drug-likeness (QED) is 0.368. The van der Waals surface area contributed by atoms with E-state index in [4.69, 9.17) is 0 Å². The largest absolute Gasteiger partial charge is 0.335 e. The molecule has 0 bridgehead atoms. The summed E-state index contributed by atoms with van der Waals surface area (Å²) in [7, 11) is 0. The molecule has 0 fully saturated rings. The zero-order valence-corrected chi connectivity index (χ0v) is 23.8. The van der Waals surface area contributed by atoms with Crippen LogP contribution in [0.2, 0.25) is 0 Å². The number of thioether (sulfide) groups is 2. The summed E-state index contributed by atoms with van der Waals surface area (Å²) in [5.41, 5.74) is 7.20. The molecule has 2 aromatic carbocycles. The number of fused-ring (bicyclic) bond motifs is 2. The summed E-state index contributed by atoms with van der Waals surface area (Å²) in [6, 6.07) is 19.9. The van der Waals surface area contributed by atoms with Crippen molar-refractivity contribution in [3.05, 3.63) is 101 Å². The number of hydrogen-bond acceptors (Lipinski definition) is 3. The number of hydrogen-bond donors (Lipinski definition) is 1. The number of likely N-dealkylation sites (N-methyl/N-ethyl adjacent to an activating group) is 1. The summed E-state index contributed by atoms with van der Waals surface area (Å²) in [6.07, 6.45) is 14.0. The van der Waals surface area contributed by atoms with Crippen molar-refractivity contribution in [1.82, 2.24) is 4.57 Å². The second-order valence-corrected chi connectivity index (χ2v) is 13.2. The van der Waals surface area contributed by atoms with Crippen molar-refractivity contribution in [3.8, 4) is 5.69 Å². The number of nitrogens with zero attached hydrogens (tertiary/aromatic N) is 2. The molecular weight excluding hydrogens is 491 g/mol. The first kappa shape index (κ1) is 24.7. The molecule has 0 amide bonds. The maximum absolute atomic E-state index is 2.56. The second kappa shape index (κ2) is 9.94. The van der Waals surface area contributed by atoms with Gasteiger partial charge in [0, 0.05) is 29.9 Å². The van der Waals surface area contributed by atoms with E-state index < -0.39 is 0 Å². The number of rotatable bonds is 5. The topological polar surface area (TPSA) is 12.6 Å². The van der Waals surface area contributed by atoms with Crippen LogP contribution in [0, 0.1) is 5.41 Å². The standard InChI is InChI=1S/C32H35N3S2/c1-5-34-26-11-7-8-12-28(26)36-30(34)18-23-17-24(22-32(3,4)21-23)19-31-35(6-2)27-20-25(13-14-29(27)37-31)33-15-9-10-16-33/h7-20,31H,5-6,21-22H2,1-4H3/p+1/b24-19-,30-18-. The van der Waals surface area contributed by atoms with E-state index in [-0.39, 0.29) is 5.41 Å². The van der Waals surface area contributed by atoms with Gasteiger partial charge in [-0.15, -0.1) is 0 Å². The first-order valence-corrected chi connectivity index (χ1v) is 15.1. The molecule has 37 heavy (non-hydrogen) atoms. The highest BCUT2D eigenvalue weighted by molar-refractivity contribution is 8.03. The Bertz CT molecular complexity index is 1400. The number of allylic oxidation sites excluding steroid dienone is 4. The number of benzene rings is 2. The molecule has 0 saturated carbocycles. The van der Waals surface area contributed by atoms with Crippen LogP contribution >= 0.6 is 23.5 Å². The van der Waals surface area contributed by atoms with Gasteiger partial charge >= 0.3 is 0 Å². The van der Waals surface area contributed by atoms with Crippen LogP contribution in [0.5, 0.6) is 0 Å². The van der Waals surface area contributed by atoms with Gasteiger partial charge in [0.25, 0.3) is 0 Å². The maximum Gasteiger partial charge on any atom is 0.163 e. The molecular formula is C32H36N3S2+. The van der Waals surface area contributed by atoms with Crippen molar-refractivity contribution < 1.29 is 4.90 Å². The predicted octanol–water partition coefficient (Wildman–Crippen LogP) is 7.59. The van der Waals surface area contributed by atoms with E-state index in [9.17, 15) is 0 Å². The molecule has 1 aliphatic carbocycles. The minimum atomic E-state index is 0.254. The predicted molar refractivity (Wildman–Crippen MR) is 159 cm³/mol. The molecule has 1 aromatic heterocycles. The normalized spacial score (nSPS) is 24.4. The Morgan fingerprint density at radius 2 is 1.81 bits per heavy atom. The highest BCUT2D eigenvalue weighted by atomic mass is 32.2. The third kappa shape index (κ3) is 4.85. The highest BCUT2D eigenvalue weighted by Crippen LogP contribution is 2.47. The molecule has 0 radical (unpaired) electrons. The van der Waals surface area contributed by atoms with E-state index >= 15 is 0 Å². The molecule has 6 rings (SSSR count). The van der Waals surface area contributed by atoms with E-state index in [1.807, 2.05) is 23.5 Å². The Labute approximate surface area is 229 Å². The molecule has 2 atom stereocenters. The smallest absolute Gasteiger partial charge is 0.163 e. The summed E-state index contributed by atoms with van der Waals surface area (Å²) >= 11 is 3.93. The lowest BCUT2D eigenvalue weighted by Crippen LogP contribution is -3.08. The molecule has 2 aliphatic heterocycles. The Morgan fingerprint density at radius 3 is 2.59 bits per heavy atom. The van der Waals surface area contributed by atoms with Crippen LogP contribution in [0.4, 0.5) is 11.4 Å². The lowest BCUT2D eigenvalue weighted by Gasteiger charge is -2.31. The van der Waals surface area contributed by atoms with Gasteiger partial charge in [0.05, 0.1) is 27.8 Å². The average Bonchev–Trinajstić information content (AvgIpc) is 3.59. The number of aromatic nitrogens is 1. The van der Waals surface area contributed by atoms with E-state index in [0.29, 0.717) is 5.37 Å². The van der Waals surface area contributed by atoms with Gasteiger partial charge in [-0.3, -0.25) is 4.90 Å². The van der Waals surface area contributed by atoms with Gasteiger partial charge in [0.15, 0.2) is 5.37 Å². The molecule has 190 valence electrons. The Hall–Kier alpha value is -2.60. The van der Waals surface area contributed by atoms with Gasteiger partial charge in [-0.05, 0) is 91.8 Å². The summed E-state index contributed by atoms with van der Waals surface area (Å²) in [4.78, 5) is 6.79. The minimum Gasteiger partial charge on any atom is -0.335 e. The van der Waals surface area contributed by atoms with E-state index in [1.54, 1.807) is 4.90 Å². The summed E-state index contributed by atoms with van der Waals surface area (Å²) in [5.74, 6) is 0. The van der Waals surface area contributed by atoms with Crippen LogP contribution in [0.15, 0.2) is 111 Å². The third-order valence-electron chi connectivity index (χ3n) is 7.55. The lowest BCUT2D eigenvalue weighted by atomic mass is 9.75. The van der Waals surface area contributed by atoms with E-state index in [1.165, 1.54) is 43.0 Å². The first-order chi connectivity index (χ1) is 17.9. The number of anilines is 1. The van der Waals surface area contributed by atoms with Gasteiger partial charge in [0.1, 0.15) is 5.69 Å². The van der Waals surface area contributed by atoms with Crippen molar-refractivity contribution in [2.45, 2.75) is 55.7 Å². The molecule has 5 heteroatoms. The van der Waals surface area contributed by atoms with Crippen molar-refractivity contribution in [3.63, 3.8) is 0 Å². The van der Waals surface area contributed by atoms with Crippen LogP contribution in [-0.4, -0.2) is 23.0 Å². The van der Waals surface area contributed by atoms with Crippen LogP contribution < -0.4 is 9.80 Å². The zero-order valence-electron chi connectivity index (χ0n) is 22.2. The molecule has 3 aromatic rings. The van der Waals surface area contributed by atoms with Gasteiger partial charge in [-0.25, -0.2) is 0 Å². The van der Waals surface area contributed by atoms with Crippen molar-refractivity contribution in [2.75, 3.05) is 18.0 Å². The monoisotopic (exact) mass is 526 g/mol. The zero-order chi connectivity index (χ0) is 25.6. The summed E-state index contributed by atoms with van der Waals surface area (Å²) in [6.45, 7) is 11.5. The van der Waals surface area contributed by atoms with Crippen molar-refractivity contribution in [2.24, 2.45) is 5.41 Å². The number of para-hydroxylation sites is 1. The molecule has 3 aliphatic rings. The molecule has 2 unspecified atom stereocenters. The van der Waals surface area contributed by atoms with Crippen molar-refractivity contribution >= 4 is 34.9 Å². The van der Waals surface area contributed by atoms with E-state index in [0.717, 1.165) is 25.9 Å². The average molecular weight is 527 g/mol.